The fourth-order valence-corrected chi connectivity index (χ4v) is 3.17. The molecule has 0 aliphatic heterocycles. The number of pyridine rings is 1. The van der Waals surface area contributed by atoms with Gasteiger partial charge in [-0.3, -0.25) is 4.79 Å². The summed E-state index contributed by atoms with van der Waals surface area (Å²) < 4.78 is 28.6. The van der Waals surface area contributed by atoms with Crippen molar-refractivity contribution in [1.82, 2.24) is 4.98 Å². The number of rotatable bonds is 5. The predicted molar refractivity (Wildman–Crippen MR) is 97.9 cm³/mol. The third-order valence-corrected chi connectivity index (χ3v) is 4.61. The van der Waals surface area contributed by atoms with Crippen LogP contribution in [0.2, 0.25) is 0 Å². The van der Waals surface area contributed by atoms with E-state index in [-0.39, 0.29) is 18.1 Å². The zero-order chi connectivity index (χ0) is 19.4. The van der Waals surface area contributed by atoms with Gasteiger partial charge in [-0.1, -0.05) is 6.07 Å². The molecule has 2 N–H and O–H groups in total. The van der Waals surface area contributed by atoms with Crippen molar-refractivity contribution >= 4 is 17.2 Å². The van der Waals surface area contributed by atoms with Gasteiger partial charge in [0.1, 0.15) is 11.4 Å². The van der Waals surface area contributed by atoms with Gasteiger partial charge in [-0.15, -0.1) is 0 Å². The van der Waals surface area contributed by atoms with Crippen LogP contribution in [0.15, 0.2) is 42.1 Å². The highest BCUT2D eigenvalue weighted by Crippen LogP contribution is 2.31. The molecular weight excluding hydrogens is 354 g/mol. The summed E-state index contributed by atoms with van der Waals surface area (Å²) in [7, 11) is 0. The summed E-state index contributed by atoms with van der Waals surface area (Å²) in [6.07, 6.45) is 3.83. The van der Waals surface area contributed by atoms with Crippen molar-refractivity contribution in [3.8, 4) is 5.75 Å². The van der Waals surface area contributed by atoms with E-state index in [4.69, 9.17) is 0 Å². The molecule has 0 fully saturated rings. The van der Waals surface area contributed by atoms with Crippen molar-refractivity contribution in [2.24, 2.45) is 0 Å². The van der Waals surface area contributed by atoms with Crippen molar-refractivity contribution in [2.75, 3.05) is 11.9 Å². The van der Waals surface area contributed by atoms with E-state index >= 15 is 0 Å². The Morgan fingerprint density at radius 2 is 2.11 bits per heavy atom. The number of benzene rings is 1. The van der Waals surface area contributed by atoms with Crippen LogP contribution in [0.25, 0.3) is 5.57 Å². The quantitative estimate of drug-likeness (QED) is 0.829. The first kappa shape index (κ1) is 19.0. The van der Waals surface area contributed by atoms with Crippen LogP contribution >= 0.6 is 0 Å². The minimum Gasteiger partial charge on any atom is -0.433 e. The van der Waals surface area contributed by atoms with Gasteiger partial charge in [0.25, 0.3) is 5.91 Å². The number of ether oxygens (including phenoxy) is 1. The molecule has 1 aromatic heterocycles. The van der Waals surface area contributed by atoms with Crippen LogP contribution in [-0.4, -0.2) is 29.2 Å². The van der Waals surface area contributed by atoms with Crippen molar-refractivity contribution in [2.45, 2.75) is 32.8 Å². The summed E-state index contributed by atoms with van der Waals surface area (Å²) in [4.78, 5) is 16.2. The van der Waals surface area contributed by atoms with Gasteiger partial charge in [-0.25, -0.2) is 4.98 Å². The number of hydrogen-bond donors (Lipinski definition) is 2. The van der Waals surface area contributed by atoms with Crippen LogP contribution in [-0.2, 0) is 6.42 Å². The summed E-state index contributed by atoms with van der Waals surface area (Å²) in [6.45, 7) is -0.935. The molecule has 5 nitrogen and oxygen atoms in total. The number of nitrogens with one attached hydrogen (secondary N) is 1. The van der Waals surface area contributed by atoms with Crippen molar-refractivity contribution in [3.05, 3.63) is 58.9 Å². The van der Waals surface area contributed by atoms with Gasteiger partial charge in [0.15, 0.2) is 0 Å². The van der Waals surface area contributed by atoms with Crippen LogP contribution in [0.3, 0.4) is 0 Å². The van der Waals surface area contributed by atoms with Gasteiger partial charge in [-0.2, -0.15) is 8.78 Å². The van der Waals surface area contributed by atoms with Gasteiger partial charge < -0.3 is 15.2 Å². The lowest BCUT2D eigenvalue weighted by Gasteiger charge is -2.13. The van der Waals surface area contributed by atoms with Crippen molar-refractivity contribution < 1.29 is 23.4 Å². The zero-order valence-electron chi connectivity index (χ0n) is 14.8. The second kappa shape index (κ2) is 8.26. The number of aromatic nitrogens is 1. The van der Waals surface area contributed by atoms with Crippen LogP contribution in [0.4, 0.5) is 14.5 Å². The molecule has 0 atom stereocenters. The Labute approximate surface area is 155 Å². The summed E-state index contributed by atoms with van der Waals surface area (Å²) in [5, 5.41) is 12.3. The molecule has 7 heteroatoms. The fraction of sp³-hybridized carbons (Fsp3) is 0.300. The molecule has 0 spiro atoms. The van der Waals surface area contributed by atoms with E-state index < -0.39 is 12.5 Å². The van der Waals surface area contributed by atoms with E-state index in [0.29, 0.717) is 5.69 Å². The molecule has 2 aromatic rings. The first-order valence-electron chi connectivity index (χ1n) is 8.63. The number of halogens is 2. The monoisotopic (exact) mass is 374 g/mol. The smallest absolute Gasteiger partial charge is 0.387 e. The van der Waals surface area contributed by atoms with E-state index in [1.807, 2.05) is 25.1 Å². The fourth-order valence-electron chi connectivity index (χ4n) is 3.17. The normalized spacial score (nSPS) is 14.0. The van der Waals surface area contributed by atoms with Gasteiger partial charge in [0.05, 0.1) is 12.8 Å². The third-order valence-electron chi connectivity index (χ3n) is 4.61. The first-order valence-corrected chi connectivity index (χ1v) is 8.63. The number of alkyl halides is 2. The molecule has 0 saturated heterocycles. The van der Waals surface area contributed by atoms with Gasteiger partial charge in [0.2, 0.25) is 0 Å². The third kappa shape index (κ3) is 4.49. The predicted octanol–water partition coefficient (Wildman–Crippen LogP) is 4.04. The summed E-state index contributed by atoms with van der Waals surface area (Å²) in [5.41, 5.74) is 4.94. The number of aliphatic hydroxyl groups is 1. The highest BCUT2D eigenvalue weighted by molar-refractivity contribution is 6.03. The minimum atomic E-state index is -2.94. The van der Waals surface area contributed by atoms with E-state index in [1.54, 1.807) is 0 Å². The maximum absolute atomic E-state index is 12.4. The number of carbonyl (C=O) groups is 1. The summed E-state index contributed by atoms with van der Waals surface area (Å²) >= 11 is 0. The van der Waals surface area contributed by atoms with Gasteiger partial charge in [0, 0.05) is 5.69 Å². The Balaban J connectivity index is 1.79. The molecule has 1 aliphatic carbocycles. The highest BCUT2D eigenvalue weighted by Gasteiger charge is 2.16. The van der Waals surface area contributed by atoms with E-state index in [1.165, 1.54) is 17.7 Å². The average molecular weight is 374 g/mol. The Bertz CT molecular complexity index is 864. The minimum absolute atomic E-state index is 0.0266. The molecule has 0 saturated carbocycles. The number of allylic oxidation sites excluding steroid dienone is 1. The number of hydrogen-bond acceptors (Lipinski definition) is 4. The molecular formula is C20H20F2N2O3. The van der Waals surface area contributed by atoms with Crippen LogP contribution < -0.4 is 10.1 Å². The zero-order valence-corrected chi connectivity index (χ0v) is 14.8. The number of anilines is 1. The topological polar surface area (TPSA) is 71.5 Å². The molecule has 1 aromatic carbocycles. The van der Waals surface area contributed by atoms with E-state index in [0.717, 1.165) is 42.2 Å². The lowest BCUT2D eigenvalue weighted by atomic mass is 9.97. The van der Waals surface area contributed by atoms with E-state index in [9.17, 15) is 18.7 Å². The Morgan fingerprint density at radius 3 is 2.78 bits per heavy atom. The maximum Gasteiger partial charge on any atom is 0.387 e. The number of nitrogens with zero attached hydrogens (tertiary/aromatic N) is 1. The SMILES string of the molecule is CC1=C(CO)CCCc2ccc(NC(=O)c3ccc(OC(F)F)cn3)cc21. The molecule has 1 heterocycles. The second-order valence-corrected chi connectivity index (χ2v) is 6.32. The van der Waals surface area contributed by atoms with Gasteiger partial charge in [-0.05, 0) is 72.7 Å². The first-order chi connectivity index (χ1) is 13.0. The van der Waals surface area contributed by atoms with Crippen molar-refractivity contribution in [1.29, 1.82) is 0 Å². The molecule has 142 valence electrons. The second-order valence-electron chi connectivity index (χ2n) is 6.32. The standard InChI is InChI=1S/C20H20F2N2O3/c1-12-14(11-25)4-2-3-13-5-6-15(9-17(12)13)24-19(26)18-8-7-16(10-23-18)27-20(21)22/h5-10,20,25H,2-4,11H2,1H3,(H,24,26). The summed E-state index contributed by atoms with van der Waals surface area (Å²) in [6, 6.07) is 8.28. The molecule has 3 rings (SSSR count). The highest BCUT2D eigenvalue weighted by atomic mass is 19.3. The number of fused-ring (bicyclic) bond motifs is 1. The molecule has 1 amide bonds. The van der Waals surface area contributed by atoms with Crippen LogP contribution in [0, 0.1) is 0 Å². The van der Waals surface area contributed by atoms with Crippen molar-refractivity contribution in [3.63, 3.8) is 0 Å². The molecule has 1 aliphatic rings. The number of aliphatic hydroxyl groups excluding tert-OH is 1. The Morgan fingerprint density at radius 1 is 1.30 bits per heavy atom. The summed E-state index contributed by atoms with van der Waals surface area (Å²) in [5.74, 6) is -0.556. The maximum atomic E-state index is 12.4. The number of carbonyl (C=O) groups excluding carboxylic acids is 1. The molecule has 27 heavy (non-hydrogen) atoms. The Hall–Kier alpha value is -2.80. The Kier molecular flexibility index (Phi) is 5.81. The molecule has 0 bridgehead atoms. The number of aryl methyl sites for hydroxylation is 1. The molecule has 0 radical (unpaired) electrons. The lowest BCUT2D eigenvalue weighted by molar-refractivity contribution is -0.0500. The number of amides is 1. The van der Waals surface area contributed by atoms with Gasteiger partial charge >= 0.3 is 6.61 Å². The van der Waals surface area contributed by atoms with Crippen LogP contribution in [0.1, 0.15) is 41.4 Å². The van der Waals surface area contributed by atoms with E-state index in [2.05, 4.69) is 15.0 Å². The average Bonchev–Trinajstić information content (AvgIpc) is 2.80. The lowest BCUT2D eigenvalue weighted by Crippen LogP contribution is -2.14. The van der Waals surface area contributed by atoms with Crippen LogP contribution in [0.5, 0.6) is 5.75 Å². The largest absolute Gasteiger partial charge is 0.433 e. The molecule has 0 unspecified atom stereocenters.